The van der Waals surface area contributed by atoms with Crippen LogP contribution in [0.25, 0.3) is 0 Å². The van der Waals surface area contributed by atoms with E-state index in [-0.39, 0.29) is 5.91 Å². The number of rotatable bonds is 2. The molecule has 0 bridgehead atoms. The van der Waals surface area contributed by atoms with Crippen LogP contribution in [0, 0.1) is 13.8 Å². The first-order valence-corrected chi connectivity index (χ1v) is 9.29. The molecule has 148 valence electrons. The number of hydrogen-bond acceptors (Lipinski definition) is 6. The first-order chi connectivity index (χ1) is 12.5. The van der Waals surface area contributed by atoms with Gasteiger partial charge in [0, 0.05) is 5.69 Å². The van der Waals surface area contributed by atoms with E-state index in [4.69, 9.17) is 23.7 Å². The second kappa shape index (κ2) is 6.25. The highest BCUT2D eigenvalue weighted by atomic mass is 16.9. The molecule has 1 amide bonds. The van der Waals surface area contributed by atoms with Crippen molar-refractivity contribution in [2.24, 2.45) is 0 Å². The van der Waals surface area contributed by atoms with Gasteiger partial charge in [-0.05, 0) is 53.2 Å². The lowest BCUT2D eigenvalue weighted by atomic mass is 9.98. The van der Waals surface area contributed by atoms with E-state index in [1.54, 1.807) is 0 Å². The third-order valence-corrected chi connectivity index (χ3v) is 5.05. The van der Waals surface area contributed by atoms with E-state index in [2.05, 4.69) is 5.32 Å². The summed E-state index contributed by atoms with van der Waals surface area (Å²) < 4.78 is 29.8. The van der Waals surface area contributed by atoms with Gasteiger partial charge in [-0.15, -0.1) is 0 Å². The molecule has 3 saturated heterocycles. The Morgan fingerprint density at radius 2 is 1.56 bits per heavy atom. The molecule has 7 heteroatoms. The molecule has 0 spiro atoms. The standard InChI is InChI=1S/C20H27NO6/c1-10-7-8-12(11(2)9-10)21-17(22)15-13-14(25-19(3,4)24-13)16-18(23-15)27-20(5,6)26-16/h7-9,13-16,18H,1-6H3,(H,21,22)/t13-,14+,15+,16-,18+/m1/s1. The Morgan fingerprint density at radius 1 is 0.926 bits per heavy atom. The summed E-state index contributed by atoms with van der Waals surface area (Å²) in [5, 5.41) is 2.95. The molecule has 0 aromatic heterocycles. The van der Waals surface area contributed by atoms with Gasteiger partial charge in [0.1, 0.15) is 18.3 Å². The average Bonchev–Trinajstić information content (AvgIpc) is 3.03. The molecular weight excluding hydrogens is 350 g/mol. The van der Waals surface area contributed by atoms with Crippen molar-refractivity contribution in [3.8, 4) is 0 Å². The minimum atomic E-state index is -0.865. The van der Waals surface area contributed by atoms with E-state index in [1.165, 1.54) is 0 Å². The second-order valence-electron chi connectivity index (χ2n) is 8.40. The molecule has 0 aliphatic carbocycles. The monoisotopic (exact) mass is 377 g/mol. The molecule has 1 N–H and O–H groups in total. The predicted octanol–water partition coefficient (Wildman–Crippen LogP) is 2.64. The molecule has 5 atom stereocenters. The molecule has 1 aromatic carbocycles. The van der Waals surface area contributed by atoms with Crippen molar-refractivity contribution in [3.05, 3.63) is 29.3 Å². The summed E-state index contributed by atoms with van der Waals surface area (Å²) in [7, 11) is 0. The summed E-state index contributed by atoms with van der Waals surface area (Å²) in [6.45, 7) is 11.2. The van der Waals surface area contributed by atoms with Crippen LogP contribution in [0.1, 0.15) is 38.8 Å². The van der Waals surface area contributed by atoms with Crippen LogP contribution in [0.4, 0.5) is 5.69 Å². The zero-order valence-electron chi connectivity index (χ0n) is 16.6. The van der Waals surface area contributed by atoms with Crippen LogP contribution in [0.5, 0.6) is 0 Å². The van der Waals surface area contributed by atoms with E-state index in [0.29, 0.717) is 0 Å². The summed E-state index contributed by atoms with van der Waals surface area (Å²) in [4.78, 5) is 13.0. The van der Waals surface area contributed by atoms with Crippen molar-refractivity contribution in [2.75, 3.05) is 5.32 Å². The highest BCUT2D eigenvalue weighted by Gasteiger charge is 2.62. The van der Waals surface area contributed by atoms with Crippen LogP contribution >= 0.6 is 0 Å². The minimum absolute atomic E-state index is 0.287. The van der Waals surface area contributed by atoms with Gasteiger partial charge in [0.2, 0.25) is 0 Å². The van der Waals surface area contributed by atoms with Crippen molar-refractivity contribution in [1.29, 1.82) is 0 Å². The van der Waals surface area contributed by atoms with Gasteiger partial charge in [-0.3, -0.25) is 4.79 Å². The van der Waals surface area contributed by atoms with Crippen LogP contribution < -0.4 is 5.32 Å². The second-order valence-corrected chi connectivity index (χ2v) is 8.40. The van der Waals surface area contributed by atoms with Gasteiger partial charge >= 0.3 is 0 Å². The molecule has 3 aliphatic rings. The normalized spacial score (nSPS) is 36.1. The first-order valence-electron chi connectivity index (χ1n) is 9.29. The number of benzene rings is 1. The number of aryl methyl sites for hydroxylation is 2. The smallest absolute Gasteiger partial charge is 0.256 e. The predicted molar refractivity (Wildman–Crippen MR) is 97.1 cm³/mol. The van der Waals surface area contributed by atoms with E-state index < -0.39 is 42.3 Å². The minimum Gasteiger partial charge on any atom is -0.342 e. The van der Waals surface area contributed by atoms with E-state index in [9.17, 15) is 4.79 Å². The summed E-state index contributed by atoms with van der Waals surface area (Å²) >= 11 is 0. The van der Waals surface area contributed by atoms with E-state index >= 15 is 0 Å². The maximum atomic E-state index is 13.0. The van der Waals surface area contributed by atoms with E-state index in [1.807, 2.05) is 59.7 Å². The van der Waals surface area contributed by atoms with E-state index in [0.717, 1.165) is 16.8 Å². The Bertz CT molecular complexity index is 761. The van der Waals surface area contributed by atoms with Crippen molar-refractivity contribution in [3.63, 3.8) is 0 Å². The Hall–Kier alpha value is -1.51. The van der Waals surface area contributed by atoms with Gasteiger partial charge in [0.25, 0.3) is 5.91 Å². The highest BCUT2D eigenvalue weighted by Crippen LogP contribution is 2.44. The van der Waals surface area contributed by atoms with Gasteiger partial charge in [0.05, 0.1) is 0 Å². The van der Waals surface area contributed by atoms with Gasteiger partial charge in [0.15, 0.2) is 24.0 Å². The molecule has 4 rings (SSSR count). The Balaban J connectivity index is 1.59. The molecule has 0 radical (unpaired) electrons. The Labute approximate surface area is 159 Å². The molecule has 27 heavy (non-hydrogen) atoms. The maximum absolute atomic E-state index is 13.0. The lowest BCUT2D eigenvalue weighted by Gasteiger charge is -2.36. The zero-order valence-corrected chi connectivity index (χ0v) is 16.6. The molecule has 1 aromatic rings. The summed E-state index contributed by atoms with van der Waals surface area (Å²) in [5.41, 5.74) is 2.87. The quantitative estimate of drug-likeness (QED) is 0.854. The topological polar surface area (TPSA) is 75.3 Å². The first kappa shape index (κ1) is 18.8. The number of carbonyl (C=O) groups excluding carboxylic acids is 1. The fourth-order valence-corrected chi connectivity index (χ4v) is 3.98. The SMILES string of the molecule is Cc1ccc(NC(=O)[C@H]2O[C@H]3OC(C)(C)O[C@@H]3[C@H]3OC(C)(C)O[C@H]32)c(C)c1. The van der Waals surface area contributed by atoms with Gasteiger partial charge in [-0.1, -0.05) is 17.7 Å². The number of hydrogen-bond donors (Lipinski definition) is 1. The Kier molecular flexibility index (Phi) is 4.36. The summed E-state index contributed by atoms with van der Waals surface area (Å²) in [5.74, 6) is -1.93. The van der Waals surface area contributed by atoms with Crippen LogP contribution in [0.2, 0.25) is 0 Å². The molecule has 3 aliphatic heterocycles. The number of amides is 1. The molecule has 0 unspecified atom stereocenters. The number of carbonyl (C=O) groups is 1. The van der Waals surface area contributed by atoms with Gasteiger partial charge in [-0.2, -0.15) is 0 Å². The molecule has 0 saturated carbocycles. The number of nitrogens with one attached hydrogen (secondary N) is 1. The third kappa shape index (κ3) is 3.50. The van der Waals surface area contributed by atoms with Crippen molar-refractivity contribution in [1.82, 2.24) is 0 Å². The lowest BCUT2D eigenvalue weighted by Crippen LogP contribution is -2.58. The molecule has 3 heterocycles. The fraction of sp³-hybridized carbons (Fsp3) is 0.650. The van der Waals surface area contributed by atoms with Crippen LogP contribution in [-0.4, -0.2) is 48.2 Å². The molecule has 3 fully saturated rings. The number of fused-ring (bicyclic) bond motifs is 3. The number of ether oxygens (including phenoxy) is 5. The van der Waals surface area contributed by atoms with Gasteiger partial charge in [-0.25, -0.2) is 0 Å². The third-order valence-electron chi connectivity index (χ3n) is 5.05. The van der Waals surface area contributed by atoms with Crippen molar-refractivity contribution >= 4 is 11.6 Å². The molecular formula is C20H27NO6. The van der Waals surface area contributed by atoms with Crippen LogP contribution in [-0.2, 0) is 28.5 Å². The fourth-order valence-electron chi connectivity index (χ4n) is 3.98. The van der Waals surface area contributed by atoms with Crippen molar-refractivity contribution in [2.45, 2.75) is 83.8 Å². The zero-order chi connectivity index (χ0) is 19.6. The lowest BCUT2D eigenvalue weighted by molar-refractivity contribution is -0.229. The van der Waals surface area contributed by atoms with Gasteiger partial charge < -0.3 is 29.0 Å². The van der Waals surface area contributed by atoms with Crippen LogP contribution in [0.3, 0.4) is 0 Å². The average molecular weight is 377 g/mol. The maximum Gasteiger partial charge on any atom is 0.256 e. The molecule has 7 nitrogen and oxygen atoms in total. The number of anilines is 1. The largest absolute Gasteiger partial charge is 0.342 e. The van der Waals surface area contributed by atoms with Crippen molar-refractivity contribution < 1.29 is 28.5 Å². The summed E-state index contributed by atoms with van der Waals surface area (Å²) in [6, 6.07) is 5.86. The van der Waals surface area contributed by atoms with Crippen LogP contribution in [0.15, 0.2) is 18.2 Å². The highest BCUT2D eigenvalue weighted by molar-refractivity contribution is 5.95. The summed E-state index contributed by atoms with van der Waals surface area (Å²) in [6.07, 6.45) is -3.03. The Morgan fingerprint density at radius 3 is 2.26 bits per heavy atom.